The minimum atomic E-state index is -0.537. The molecule has 3 aliphatic rings. The second-order valence-electron chi connectivity index (χ2n) is 8.25. The van der Waals surface area contributed by atoms with E-state index in [4.69, 9.17) is 0 Å². The highest BCUT2D eigenvalue weighted by molar-refractivity contribution is 5.85. The number of aliphatic hydroxyl groups excluding tert-OH is 1. The zero-order valence-corrected chi connectivity index (χ0v) is 14.6. The van der Waals surface area contributed by atoms with E-state index in [1.54, 1.807) is 12.1 Å². The maximum absolute atomic E-state index is 14.1. The van der Waals surface area contributed by atoms with Crippen LogP contribution in [0, 0.1) is 16.6 Å². The second-order valence-corrected chi connectivity index (χ2v) is 8.25. The van der Waals surface area contributed by atoms with E-state index in [1.165, 1.54) is 6.07 Å². The molecule has 2 aliphatic heterocycles. The van der Waals surface area contributed by atoms with E-state index in [0.717, 1.165) is 38.6 Å². The van der Waals surface area contributed by atoms with Crippen LogP contribution in [0.1, 0.15) is 37.7 Å². The zero-order chi connectivity index (χ0) is 17.5. The van der Waals surface area contributed by atoms with Crippen molar-refractivity contribution in [2.75, 3.05) is 26.2 Å². The number of carbonyl (C=O) groups is 1. The highest BCUT2D eigenvalue weighted by atomic mass is 19.1. The summed E-state index contributed by atoms with van der Waals surface area (Å²) in [6.07, 6.45) is 5.02. The number of piperidine rings is 1. The van der Waals surface area contributed by atoms with Crippen molar-refractivity contribution < 1.29 is 14.3 Å². The van der Waals surface area contributed by atoms with Crippen molar-refractivity contribution in [1.29, 1.82) is 0 Å². The molecule has 0 bridgehead atoms. The lowest BCUT2D eigenvalue weighted by atomic mass is 9.72. The number of amides is 1. The van der Waals surface area contributed by atoms with Gasteiger partial charge < -0.3 is 15.3 Å². The average molecular weight is 346 g/mol. The van der Waals surface area contributed by atoms with Gasteiger partial charge >= 0.3 is 0 Å². The number of rotatable bonds is 3. The van der Waals surface area contributed by atoms with Crippen LogP contribution in [0.15, 0.2) is 24.3 Å². The third-order valence-corrected chi connectivity index (χ3v) is 6.62. The number of hydrogen-bond acceptors (Lipinski definition) is 3. The predicted molar refractivity (Wildman–Crippen MR) is 93.5 cm³/mol. The fraction of sp³-hybridized carbons (Fsp3) is 0.650. The van der Waals surface area contributed by atoms with E-state index < -0.39 is 5.41 Å². The van der Waals surface area contributed by atoms with Gasteiger partial charge in [-0.15, -0.1) is 0 Å². The number of likely N-dealkylation sites (tertiary alicyclic amines) is 1. The Balaban J connectivity index is 1.53. The molecule has 1 saturated carbocycles. The lowest BCUT2D eigenvalue weighted by Crippen LogP contribution is -2.65. The summed E-state index contributed by atoms with van der Waals surface area (Å²) in [5.41, 5.74) is -0.0286. The van der Waals surface area contributed by atoms with Crippen LogP contribution in [0.25, 0.3) is 0 Å². The number of hydrogen-bond donors (Lipinski definition) is 2. The molecule has 0 aromatic heterocycles. The van der Waals surface area contributed by atoms with Crippen molar-refractivity contribution in [3.8, 4) is 0 Å². The number of carbonyl (C=O) groups excluding carboxylic acids is 1. The van der Waals surface area contributed by atoms with Crippen LogP contribution in [0.3, 0.4) is 0 Å². The maximum atomic E-state index is 14.1. The largest absolute Gasteiger partial charge is 0.392 e. The van der Waals surface area contributed by atoms with Crippen molar-refractivity contribution in [2.24, 2.45) is 10.8 Å². The third kappa shape index (κ3) is 2.87. The van der Waals surface area contributed by atoms with Crippen molar-refractivity contribution in [2.45, 2.75) is 44.6 Å². The molecular weight excluding hydrogens is 319 g/mol. The van der Waals surface area contributed by atoms with Crippen molar-refractivity contribution >= 4 is 5.91 Å². The molecule has 2 atom stereocenters. The summed E-state index contributed by atoms with van der Waals surface area (Å²) in [4.78, 5) is 15.3. The molecule has 1 aromatic carbocycles. The van der Waals surface area contributed by atoms with Crippen LogP contribution in [0.2, 0.25) is 0 Å². The number of aliphatic hydroxyl groups is 1. The Hall–Kier alpha value is -1.46. The Morgan fingerprint density at radius 2 is 2.04 bits per heavy atom. The summed E-state index contributed by atoms with van der Waals surface area (Å²) in [6, 6.07) is 6.75. The monoisotopic (exact) mass is 346 g/mol. The van der Waals surface area contributed by atoms with E-state index in [-0.39, 0.29) is 23.2 Å². The molecule has 1 amide bonds. The molecule has 2 saturated heterocycles. The van der Waals surface area contributed by atoms with Crippen LogP contribution in [-0.2, 0) is 11.2 Å². The first-order valence-electron chi connectivity index (χ1n) is 9.46. The van der Waals surface area contributed by atoms with E-state index in [2.05, 4.69) is 5.32 Å². The van der Waals surface area contributed by atoms with Gasteiger partial charge in [0.15, 0.2) is 0 Å². The van der Waals surface area contributed by atoms with E-state index in [9.17, 15) is 14.3 Å². The molecule has 25 heavy (non-hydrogen) atoms. The average Bonchev–Trinajstić information content (AvgIpc) is 2.92. The van der Waals surface area contributed by atoms with Gasteiger partial charge in [-0.05, 0) is 43.7 Å². The van der Waals surface area contributed by atoms with Gasteiger partial charge in [0.1, 0.15) is 5.82 Å². The van der Waals surface area contributed by atoms with Crippen LogP contribution < -0.4 is 5.32 Å². The minimum Gasteiger partial charge on any atom is -0.392 e. The van der Waals surface area contributed by atoms with E-state index >= 15 is 0 Å². The molecule has 136 valence electrons. The molecule has 5 heteroatoms. The van der Waals surface area contributed by atoms with Crippen molar-refractivity contribution in [3.05, 3.63) is 35.6 Å². The Morgan fingerprint density at radius 3 is 2.68 bits per heavy atom. The summed E-state index contributed by atoms with van der Waals surface area (Å²) in [5.74, 6) is -0.101. The summed E-state index contributed by atoms with van der Waals surface area (Å²) in [6.45, 7) is 2.62. The van der Waals surface area contributed by atoms with Gasteiger partial charge in [0.25, 0.3) is 0 Å². The maximum Gasteiger partial charge on any atom is 0.231 e. The topological polar surface area (TPSA) is 52.6 Å². The predicted octanol–water partition coefficient (Wildman–Crippen LogP) is 2.11. The molecule has 4 rings (SSSR count). The summed E-state index contributed by atoms with van der Waals surface area (Å²) in [7, 11) is 0. The Labute approximate surface area is 148 Å². The van der Waals surface area contributed by atoms with Crippen LogP contribution >= 0.6 is 0 Å². The fourth-order valence-electron chi connectivity index (χ4n) is 5.05. The van der Waals surface area contributed by atoms with Crippen molar-refractivity contribution in [3.63, 3.8) is 0 Å². The van der Waals surface area contributed by atoms with E-state index in [1.807, 2.05) is 11.0 Å². The summed E-state index contributed by atoms with van der Waals surface area (Å²) in [5, 5.41) is 13.7. The SMILES string of the molecule is O=C(N1CCC[C@@]2(CCC[C@H]2O)C1)C1(Cc2ccccc2F)CNC1. The lowest BCUT2D eigenvalue weighted by Gasteiger charge is -2.49. The molecule has 0 radical (unpaired) electrons. The minimum absolute atomic E-state index is 0.107. The number of nitrogens with zero attached hydrogens (tertiary/aromatic N) is 1. The molecular formula is C20H27FN2O2. The number of nitrogens with one attached hydrogen (secondary N) is 1. The quantitative estimate of drug-likeness (QED) is 0.881. The molecule has 1 spiro atoms. The lowest BCUT2D eigenvalue weighted by molar-refractivity contribution is -0.150. The highest BCUT2D eigenvalue weighted by Gasteiger charge is 2.51. The first-order valence-corrected chi connectivity index (χ1v) is 9.46. The zero-order valence-electron chi connectivity index (χ0n) is 14.6. The fourth-order valence-corrected chi connectivity index (χ4v) is 5.05. The van der Waals surface area contributed by atoms with Gasteiger partial charge in [-0.3, -0.25) is 4.79 Å². The smallest absolute Gasteiger partial charge is 0.231 e. The first kappa shape index (κ1) is 17.0. The number of benzene rings is 1. The first-order chi connectivity index (χ1) is 12.0. The second kappa shape index (κ2) is 6.36. The third-order valence-electron chi connectivity index (χ3n) is 6.62. The van der Waals surface area contributed by atoms with Gasteiger partial charge in [0.2, 0.25) is 5.91 Å². The molecule has 2 heterocycles. The van der Waals surface area contributed by atoms with Crippen LogP contribution in [0.4, 0.5) is 4.39 Å². The van der Waals surface area contributed by atoms with Gasteiger partial charge in [-0.25, -0.2) is 4.39 Å². The van der Waals surface area contributed by atoms with E-state index in [0.29, 0.717) is 31.6 Å². The molecule has 2 N–H and O–H groups in total. The molecule has 1 aromatic rings. The summed E-state index contributed by atoms with van der Waals surface area (Å²) >= 11 is 0. The van der Waals surface area contributed by atoms with Crippen molar-refractivity contribution in [1.82, 2.24) is 10.2 Å². The normalized spacial score (nSPS) is 31.1. The molecule has 1 aliphatic carbocycles. The van der Waals surface area contributed by atoms with Crippen LogP contribution in [0.5, 0.6) is 0 Å². The van der Waals surface area contributed by atoms with Gasteiger partial charge in [0.05, 0.1) is 11.5 Å². The molecule has 4 nitrogen and oxygen atoms in total. The Kier molecular flexibility index (Phi) is 4.32. The number of halogens is 1. The van der Waals surface area contributed by atoms with Gasteiger partial charge in [0, 0.05) is 31.6 Å². The highest BCUT2D eigenvalue weighted by Crippen LogP contribution is 2.46. The Morgan fingerprint density at radius 1 is 1.28 bits per heavy atom. The summed E-state index contributed by atoms with van der Waals surface area (Å²) < 4.78 is 14.1. The van der Waals surface area contributed by atoms with Gasteiger partial charge in [-0.2, -0.15) is 0 Å². The standard InChI is InChI=1S/C20H27FN2O2/c21-16-6-2-1-5-15(16)11-20(12-22-13-20)18(25)23-10-4-9-19(14-23)8-3-7-17(19)24/h1-2,5-6,17,22,24H,3-4,7-14H2/t17-,19+/m1/s1. The molecule has 3 fully saturated rings. The van der Waals surface area contributed by atoms with Crippen LogP contribution in [-0.4, -0.2) is 48.2 Å². The Bertz CT molecular complexity index is 661. The molecule has 0 unspecified atom stereocenters. The van der Waals surface area contributed by atoms with Gasteiger partial charge in [-0.1, -0.05) is 24.6 Å².